The van der Waals surface area contributed by atoms with E-state index < -0.39 is 0 Å². The molecule has 0 aliphatic heterocycles. The Kier molecular flexibility index (Phi) is 11.3. The fourth-order valence-corrected chi connectivity index (χ4v) is 6.06. The zero-order valence-corrected chi connectivity index (χ0v) is 27.0. The number of aryl methyl sites for hydroxylation is 1. The van der Waals surface area contributed by atoms with Gasteiger partial charge in [0, 0.05) is 60.0 Å². The van der Waals surface area contributed by atoms with Crippen LogP contribution in [0.2, 0.25) is 5.02 Å². The van der Waals surface area contributed by atoms with E-state index in [1.54, 1.807) is 28.8 Å². The molecule has 45 heavy (non-hydrogen) atoms. The molecule has 0 bridgehead atoms. The van der Waals surface area contributed by atoms with E-state index in [1.807, 2.05) is 62.6 Å². The summed E-state index contributed by atoms with van der Waals surface area (Å²) in [7, 11) is 0. The van der Waals surface area contributed by atoms with Crippen LogP contribution >= 0.6 is 11.6 Å². The highest BCUT2D eigenvalue weighted by atomic mass is 35.5. The summed E-state index contributed by atoms with van der Waals surface area (Å²) < 4.78 is 1.74. The molecule has 0 aliphatic carbocycles. The fourth-order valence-electron chi connectivity index (χ4n) is 5.93. The molecule has 2 aromatic carbocycles. The van der Waals surface area contributed by atoms with E-state index >= 15 is 0 Å². The van der Waals surface area contributed by atoms with Crippen molar-refractivity contribution in [1.29, 1.82) is 0 Å². The van der Waals surface area contributed by atoms with Gasteiger partial charge in [0.2, 0.25) is 0 Å². The van der Waals surface area contributed by atoms with E-state index in [2.05, 4.69) is 33.1 Å². The van der Waals surface area contributed by atoms with Crippen molar-refractivity contribution < 1.29 is 9.59 Å². The summed E-state index contributed by atoms with van der Waals surface area (Å²) in [6.07, 6.45) is 9.79. The zero-order chi connectivity index (χ0) is 31.6. The molecule has 3 heterocycles. The number of Topliss-reactive ketones (excluding diaryl/α,β-unsaturated/α-hetero) is 1. The molecule has 6 nitrogen and oxygen atoms in total. The third-order valence-electron chi connectivity index (χ3n) is 8.31. The number of benzene rings is 2. The number of ketones is 1. The first-order valence-corrected chi connectivity index (χ1v) is 16.2. The summed E-state index contributed by atoms with van der Waals surface area (Å²) in [5.41, 5.74) is 6.40. The molecule has 232 valence electrons. The van der Waals surface area contributed by atoms with Gasteiger partial charge in [-0.25, -0.2) is 0 Å². The number of aromatic nitrogens is 3. The van der Waals surface area contributed by atoms with Crippen LogP contribution in [-0.4, -0.2) is 37.7 Å². The SMILES string of the molecule is Cc1ccc2c(c1)c(CC(=O)CCCCCCCN(Cc1ccccn1)Cc1ccccn1)c(C)n2C(=O)c1ccc(Cl)cc1. The predicted octanol–water partition coefficient (Wildman–Crippen LogP) is 8.54. The summed E-state index contributed by atoms with van der Waals surface area (Å²) in [5, 5.41) is 1.56. The lowest BCUT2D eigenvalue weighted by Crippen LogP contribution is -2.25. The van der Waals surface area contributed by atoms with Crippen molar-refractivity contribution in [2.75, 3.05) is 6.54 Å². The molecular formula is C38H41ClN4O2. The Morgan fingerprint density at radius 1 is 0.778 bits per heavy atom. The average molecular weight is 621 g/mol. The number of carbonyl (C=O) groups excluding carboxylic acids is 2. The van der Waals surface area contributed by atoms with Crippen LogP contribution in [0.15, 0.2) is 91.3 Å². The molecular weight excluding hydrogens is 580 g/mol. The van der Waals surface area contributed by atoms with E-state index in [9.17, 15) is 9.59 Å². The number of rotatable bonds is 15. The molecule has 0 fully saturated rings. The number of unbranched alkanes of at least 4 members (excludes halogenated alkanes) is 4. The number of hydrogen-bond acceptors (Lipinski definition) is 5. The van der Waals surface area contributed by atoms with Crippen LogP contribution < -0.4 is 0 Å². The lowest BCUT2D eigenvalue weighted by molar-refractivity contribution is -0.118. The Bertz CT molecular complexity index is 1670. The Hall–Kier alpha value is -4.13. The van der Waals surface area contributed by atoms with Crippen LogP contribution in [0.4, 0.5) is 0 Å². The molecule has 7 heteroatoms. The molecule has 3 aromatic heterocycles. The van der Waals surface area contributed by atoms with E-state index in [1.165, 1.54) is 0 Å². The van der Waals surface area contributed by atoms with E-state index in [-0.39, 0.29) is 11.7 Å². The van der Waals surface area contributed by atoms with Crippen LogP contribution in [0.3, 0.4) is 0 Å². The average Bonchev–Trinajstić information content (AvgIpc) is 3.31. The molecule has 0 atom stereocenters. The summed E-state index contributed by atoms with van der Waals surface area (Å²) in [5.74, 6) is 0.102. The van der Waals surface area contributed by atoms with Crippen LogP contribution in [0.25, 0.3) is 10.9 Å². The van der Waals surface area contributed by atoms with Gasteiger partial charge in [-0.3, -0.25) is 29.0 Å². The summed E-state index contributed by atoms with van der Waals surface area (Å²) in [4.78, 5) is 38.1. The third-order valence-corrected chi connectivity index (χ3v) is 8.56. The molecule has 5 rings (SSSR count). The lowest BCUT2D eigenvalue weighted by atomic mass is 10.0. The first kappa shape index (κ1) is 32.3. The van der Waals surface area contributed by atoms with Crippen molar-refractivity contribution in [1.82, 2.24) is 19.4 Å². The summed E-state index contributed by atoms with van der Waals surface area (Å²) in [6.45, 7) is 6.55. The quantitative estimate of drug-likeness (QED) is 0.110. The fraction of sp³-hybridized carbons (Fsp3) is 0.316. The molecule has 0 aliphatic rings. The smallest absolute Gasteiger partial charge is 0.262 e. The van der Waals surface area contributed by atoms with E-state index in [0.717, 1.165) is 90.8 Å². The van der Waals surface area contributed by atoms with Gasteiger partial charge in [0.15, 0.2) is 0 Å². The Morgan fingerprint density at radius 2 is 1.42 bits per heavy atom. The Morgan fingerprint density at radius 3 is 2.07 bits per heavy atom. The molecule has 0 amide bonds. The van der Waals surface area contributed by atoms with E-state index in [0.29, 0.717) is 23.4 Å². The maximum Gasteiger partial charge on any atom is 0.262 e. The number of fused-ring (bicyclic) bond motifs is 1. The van der Waals surface area contributed by atoms with Crippen molar-refractivity contribution in [3.63, 3.8) is 0 Å². The minimum atomic E-state index is -0.115. The minimum absolute atomic E-state index is 0.115. The molecule has 5 aromatic rings. The molecule has 0 unspecified atom stereocenters. The van der Waals surface area contributed by atoms with Crippen molar-refractivity contribution in [2.45, 2.75) is 71.9 Å². The highest BCUT2D eigenvalue weighted by molar-refractivity contribution is 6.30. The lowest BCUT2D eigenvalue weighted by Gasteiger charge is -2.21. The van der Waals surface area contributed by atoms with Gasteiger partial charge in [-0.15, -0.1) is 0 Å². The van der Waals surface area contributed by atoms with Gasteiger partial charge in [0.25, 0.3) is 5.91 Å². The summed E-state index contributed by atoms with van der Waals surface area (Å²) in [6, 6.07) is 25.1. The van der Waals surface area contributed by atoms with Crippen LogP contribution in [0.5, 0.6) is 0 Å². The van der Waals surface area contributed by atoms with E-state index in [4.69, 9.17) is 11.6 Å². The first-order valence-electron chi connectivity index (χ1n) is 15.8. The van der Waals surface area contributed by atoms with Gasteiger partial charge in [-0.1, -0.05) is 54.6 Å². The van der Waals surface area contributed by atoms with Gasteiger partial charge < -0.3 is 0 Å². The van der Waals surface area contributed by atoms with Gasteiger partial charge in [0.05, 0.1) is 16.9 Å². The number of carbonyl (C=O) groups is 2. The number of pyridine rings is 2. The third kappa shape index (κ3) is 8.74. The molecule has 0 radical (unpaired) electrons. The molecule has 0 spiro atoms. The van der Waals surface area contributed by atoms with Gasteiger partial charge in [-0.05, 0) is 99.5 Å². The largest absolute Gasteiger partial charge is 0.299 e. The van der Waals surface area contributed by atoms with Crippen LogP contribution in [0, 0.1) is 13.8 Å². The van der Waals surface area contributed by atoms with Crippen molar-refractivity contribution in [2.24, 2.45) is 0 Å². The van der Waals surface area contributed by atoms with Crippen molar-refractivity contribution >= 4 is 34.2 Å². The second kappa shape index (κ2) is 15.7. The highest BCUT2D eigenvalue weighted by Crippen LogP contribution is 2.29. The molecule has 0 N–H and O–H groups in total. The topological polar surface area (TPSA) is 68.1 Å². The van der Waals surface area contributed by atoms with Gasteiger partial charge in [0.1, 0.15) is 5.78 Å². The van der Waals surface area contributed by atoms with Crippen molar-refractivity contribution in [3.8, 4) is 0 Å². The van der Waals surface area contributed by atoms with Crippen LogP contribution in [0.1, 0.15) is 77.1 Å². The molecule has 0 saturated carbocycles. The highest BCUT2D eigenvalue weighted by Gasteiger charge is 2.21. The second-order valence-electron chi connectivity index (χ2n) is 11.8. The normalized spacial score (nSPS) is 11.4. The van der Waals surface area contributed by atoms with Crippen molar-refractivity contribution in [3.05, 3.63) is 130 Å². The zero-order valence-electron chi connectivity index (χ0n) is 26.2. The minimum Gasteiger partial charge on any atom is -0.299 e. The van der Waals surface area contributed by atoms with Gasteiger partial charge in [-0.2, -0.15) is 0 Å². The standard InChI is InChI=1S/C38H41ClN4O2/c1-28-15-20-37-36(24-28)35(29(2)43(37)38(45)30-16-18-31(39)19-17-30)25-34(44)14-6-4-3-5-11-23-42(26-32-12-7-9-21-40-32)27-33-13-8-10-22-41-33/h7-10,12-13,15-22,24H,3-6,11,14,23,25-27H2,1-2H3. The number of nitrogens with zero attached hydrogens (tertiary/aromatic N) is 4. The summed E-state index contributed by atoms with van der Waals surface area (Å²) >= 11 is 6.05. The van der Waals surface area contributed by atoms with Crippen LogP contribution in [-0.2, 0) is 24.3 Å². The monoisotopic (exact) mass is 620 g/mol. The maximum atomic E-state index is 13.5. The Labute approximate surface area is 271 Å². The van der Waals surface area contributed by atoms with Gasteiger partial charge >= 0.3 is 0 Å². The number of halogens is 1. The molecule has 0 saturated heterocycles. The number of hydrogen-bond donors (Lipinski definition) is 0. The second-order valence-corrected chi connectivity index (χ2v) is 12.3. The Balaban J connectivity index is 1.12. The predicted molar refractivity (Wildman–Crippen MR) is 182 cm³/mol. The first-order chi connectivity index (χ1) is 21.9. The maximum absolute atomic E-state index is 13.5.